The number of carbonyl (C=O) groups excluding carboxylic acids is 1. The first-order chi connectivity index (χ1) is 11.2. The number of rotatable bonds is 5. The molecule has 6 heteroatoms. The highest BCUT2D eigenvalue weighted by atomic mass is 79.9. The van der Waals surface area contributed by atoms with Crippen LogP contribution in [0.15, 0.2) is 59.3 Å². The molecule has 1 amide bonds. The molecule has 0 aliphatic carbocycles. The summed E-state index contributed by atoms with van der Waals surface area (Å²) >= 11 is 3.41. The first-order valence-corrected chi connectivity index (χ1v) is 7.85. The van der Waals surface area contributed by atoms with E-state index >= 15 is 0 Å². The van der Waals surface area contributed by atoms with E-state index in [-0.39, 0.29) is 12.5 Å². The molecule has 0 spiro atoms. The third-order valence-electron chi connectivity index (χ3n) is 3.23. The van der Waals surface area contributed by atoms with Crippen molar-refractivity contribution in [2.75, 3.05) is 6.61 Å². The number of hydrogen-bond acceptors (Lipinski definition) is 4. The first kappa shape index (κ1) is 15.4. The van der Waals surface area contributed by atoms with E-state index in [9.17, 15) is 4.79 Å². The van der Waals surface area contributed by atoms with Gasteiger partial charge in [-0.05, 0) is 23.8 Å². The molecule has 0 atom stereocenters. The van der Waals surface area contributed by atoms with Crippen LogP contribution in [-0.4, -0.2) is 22.5 Å². The fourth-order valence-corrected chi connectivity index (χ4v) is 2.46. The number of hydrogen-bond donors (Lipinski definition) is 1. The lowest BCUT2D eigenvalue weighted by atomic mass is 10.2. The monoisotopic (exact) mass is 371 g/mol. The number of nitrogens with one attached hydrogen (secondary N) is 1. The Morgan fingerprint density at radius 3 is 2.78 bits per heavy atom. The van der Waals surface area contributed by atoms with Crippen LogP contribution < -0.4 is 10.1 Å². The maximum absolute atomic E-state index is 11.9. The highest BCUT2D eigenvalue weighted by Crippen LogP contribution is 2.24. The molecule has 0 radical (unpaired) electrons. The van der Waals surface area contributed by atoms with E-state index < -0.39 is 0 Å². The van der Waals surface area contributed by atoms with Crippen molar-refractivity contribution in [3.63, 3.8) is 0 Å². The summed E-state index contributed by atoms with van der Waals surface area (Å²) < 4.78 is 6.44. The van der Waals surface area contributed by atoms with Gasteiger partial charge < -0.3 is 10.1 Å². The molecule has 0 unspecified atom stereocenters. The van der Waals surface area contributed by atoms with Crippen molar-refractivity contribution in [2.45, 2.75) is 6.54 Å². The molecule has 0 bridgehead atoms. The number of fused-ring (bicyclic) bond motifs is 1. The van der Waals surface area contributed by atoms with Gasteiger partial charge in [0.15, 0.2) is 6.61 Å². The van der Waals surface area contributed by atoms with Crippen LogP contribution >= 0.6 is 15.9 Å². The smallest absolute Gasteiger partial charge is 0.258 e. The standard InChI is InChI=1S/C17H14BrN3O2/c18-13-6-7-15-14(8-13)17(21-11-20-15)23-10-16(22)19-9-12-4-2-1-3-5-12/h1-8,11H,9-10H2,(H,19,22). The highest BCUT2D eigenvalue weighted by Gasteiger charge is 2.08. The van der Waals surface area contributed by atoms with Gasteiger partial charge in [0.2, 0.25) is 5.88 Å². The molecule has 0 saturated heterocycles. The molecule has 1 aromatic heterocycles. The Balaban J connectivity index is 1.62. The predicted octanol–water partition coefficient (Wildman–Crippen LogP) is 3.09. The van der Waals surface area contributed by atoms with Gasteiger partial charge in [-0.1, -0.05) is 46.3 Å². The van der Waals surface area contributed by atoms with Crippen LogP contribution in [0.4, 0.5) is 0 Å². The Morgan fingerprint density at radius 2 is 1.96 bits per heavy atom. The SMILES string of the molecule is O=C(COc1ncnc2ccc(Br)cc12)NCc1ccccc1. The Labute approximate surface area is 141 Å². The molecular weight excluding hydrogens is 358 g/mol. The van der Waals surface area contributed by atoms with Gasteiger partial charge in [0, 0.05) is 11.0 Å². The third kappa shape index (κ3) is 4.04. The van der Waals surface area contributed by atoms with E-state index in [0.717, 1.165) is 20.9 Å². The molecule has 0 aliphatic heterocycles. The normalized spacial score (nSPS) is 10.5. The second-order valence-corrected chi connectivity index (χ2v) is 5.81. The van der Waals surface area contributed by atoms with Crippen LogP contribution in [0.3, 0.4) is 0 Å². The van der Waals surface area contributed by atoms with E-state index in [0.29, 0.717) is 12.4 Å². The van der Waals surface area contributed by atoms with Crippen LogP contribution in [0.2, 0.25) is 0 Å². The number of nitrogens with zero attached hydrogens (tertiary/aromatic N) is 2. The summed E-state index contributed by atoms with van der Waals surface area (Å²) in [7, 11) is 0. The molecule has 3 aromatic rings. The topological polar surface area (TPSA) is 64.1 Å². The number of aromatic nitrogens is 2. The fraction of sp³-hybridized carbons (Fsp3) is 0.118. The summed E-state index contributed by atoms with van der Waals surface area (Å²) in [6.07, 6.45) is 1.42. The first-order valence-electron chi connectivity index (χ1n) is 7.06. The zero-order chi connectivity index (χ0) is 16.1. The van der Waals surface area contributed by atoms with Gasteiger partial charge in [-0.15, -0.1) is 0 Å². The van der Waals surface area contributed by atoms with Crippen molar-refractivity contribution >= 4 is 32.7 Å². The van der Waals surface area contributed by atoms with Gasteiger partial charge in [-0.2, -0.15) is 0 Å². The van der Waals surface area contributed by atoms with Gasteiger partial charge in [0.1, 0.15) is 6.33 Å². The maximum Gasteiger partial charge on any atom is 0.258 e. The number of amides is 1. The summed E-state index contributed by atoms with van der Waals surface area (Å²) in [6.45, 7) is 0.380. The summed E-state index contributed by atoms with van der Waals surface area (Å²) in [5.41, 5.74) is 1.81. The summed E-state index contributed by atoms with van der Waals surface area (Å²) in [5.74, 6) is 0.196. The van der Waals surface area contributed by atoms with Gasteiger partial charge in [-0.25, -0.2) is 9.97 Å². The predicted molar refractivity (Wildman–Crippen MR) is 91.0 cm³/mol. The molecular formula is C17H14BrN3O2. The quantitative estimate of drug-likeness (QED) is 0.748. The minimum Gasteiger partial charge on any atom is -0.467 e. The second kappa shape index (κ2) is 7.19. The lowest BCUT2D eigenvalue weighted by Gasteiger charge is -2.09. The van der Waals surface area contributed by atoms with Gasteiger partial charge >= 0.3 is 0 Å². The summed E-state index contributed by atoms with van der Waals surface area (Å²) in [5, 5.41) is 3.57. The maximum atomic E-state index is 11.9. The molecule has 0 fully saturated rings. The average molecular weight is 372 g/mol. The highest BCUT2D eigenvalue weighted by molar-refractivity contribution is 9.10. The minimum absolute atomic E-state index is 0.0918. The average Bonchev–Trinajstić information content (AvgIpc) is 2.59. The number of halogens is 1. The second-order valence-electron chi connectivity index (χ2n) is 4.89. The fourth-order valence-electron chi connectivity index (χ4n) is 2.10. The molecule has 0 saturated carbocycles. The molecule has 5 nitrogen and oxygen atoms in total. The van der Waals surface area contributed by atoms with Crippen molar-refractivity contribution in [1.82, 2.24) is 15.3 Å². The third-order valence-corrected chi connectivity index (χ3v) is 3.73. The largest absolute Gasteiger partial charge is 0.467 e. The van der Waals surface area contributed by atoms with Crippen LogP contribution in [0.1, 0.15) is 5.56 Å². The number of benzene rings is 2. The van der Waals surface area contributed by atoms with E-state index in [1.165, 1.54) is 6.33 Å². The number of ether oxygens (including phenoxy) is 1. The Hall–Kier alpha value is -2.47. The molecule has 3 rings (SSSR count). The van der Waals surface area contributed by atoms with Gasteiger partial charge in [0.05, 0.1) is 10.9 Å². The van der Waals surface area contributed by atoms with Gasteiger partial charge in [-0.3, -0.25) is 4.79 Å². The molecule has 2 aromatic carbocycles. The van der Waals surface area contributed by atoms with Crippen LogP contribution in [0.5, 0.6) is 5.88 Å². The number of carbonyl (C=O) groups is 1. The Morgan fingerprint density at radius 1 is 1.13 bits per heavy atom. The lowest BCUT2D eigenvalue weighted by molar-refractivity contribution is -0.123. The Kier molecular flexibility index (Phi) is 4.83. The minimum atomic E-state index is -0.199. The zero-order valence-corrected chi connectivity index (χ0v) is 13.8. The Bertz CT molecular complexity index is 824. The summed E-state index contributed by atoms with van der Waals surface area (Å²) in [4.78, 5) is 20.2. The lowest BCUT2D eigenvalue weighted by Crippen LogP contribution is -2.28. The van der Waals surface area contributed by atoms with E-state index in [4.69, 9.17) is 4.74 Å². The van der Waals surface area contributed by atoms with Crippen LogP contribution in [-0.2, 0) is 11.3 Å². The van der Waals surface area contributed by atoms with Crippen molar-refractivity contribution in [3.05, 3.63) is 64.9 Å². The molecule has 1 heterocycles. The van der Waals surface area contributed by atoms with Crippen molar-refractivity contribution in [2.24, 2.45) is 0 Å². The molecule has 0 aliphatic rings. The molecule has 23 heavy (non-hydrogen) atoms. The van der Waals surface area contributed by atoms with Crippen molar-refractivity contribution in [3.8, 4) is 5.88 Å². The zero-order valence-electron chi connectivity index (χ0n) is 12.2. The molecule has 116 valence electrons. The summed E-state index contributed by atoms with van der Waals surface area (Å²) in [6, 6.07) is 15.3. The van der Waals surface area contributed by atoms with Crippen molar-refractivity contribution in [1.29, 1.82) is 0 Å². The molecule has 1 N–H and O–H groups in total. The van der Waals surface area contributed by atoms with E-state index in [1.54, 1.807) is 0 Å². The van der Waals surface area contributed by atoms with E-state index in [1.807, 2.05) is 48.5 Å². The van der Waals surface area contributed by atoms with Crippen LogP contribution in [0, 0.1) is 0 Å². The van der Waals surface area contributed by atoms with Crippen molar-refractivity contribution < 1.29 is 9.53 Å². The van der Waals surface area contributed by atoms with Crippen LogP contribution in [0.25, 0.3) is 10.9 Å². The van der Waals surface area contributed by atoms with Gasteiger partial charge in [0.25, 0.3) is 5.91 Å². The van der Waals surface area contributed by atoms with E-state index in [2.05, 4.69) is 31.2 Å².